The third-order valence-corrected chi connectivity index (χ3v) is 3.05. The van der Waals surface area contributed by atoms with Crippen molar-refractivity contribution in [3.8, 4) is 11.3 Å². The number of hydrogen-bond donors (Lipinski definition) is 0. The Hall–Kier alpha value is -2.09. The van der Waals surface area contributed by atoms with Gasteiger partial charge in [-0.15, -0.1) is 0 Å². The molecule has 0 bridgehead atoms. The first-order valence-corrected chi connectivity index (χ1v) is 6.96. The van der Waals surface area contributed by atoms with Crippen LogP contribution in [-0.2, 0) is 0 Å². The quantitative estimate of drug-likeness (QED) is 0.669. The van der Waals surface area contributed by atoms with Crippen molar-refractivity contribution in [3.05, 3.63) is 59.7 Å². The first-order chi connectivity index (χ1) is 9.65. The third kappa shape index (κ3) is 4.23. The van der Waals surface area contributed by atoms with Gasteiger partial charge in [-0.1, -0.05) is 47.6 Å². The normalized spacial score (nSPS) is 11.4. The fraction of sp³-hybridized carbons (Fsp3) is 0.278. The summed E-state index contributed by atoms with van der Waals surface area (Å²) in [7, 11) is 0. The van der Waals surface area contributed by atoms with Gasteiger partial charge in [-0.2, -0.15) is 0 Å². The van der Waals surface area contributed by atoms with Gasteiger partial charge in [0.15, 0.2) is 0 Å². The first kappa shape index (κ1) is 14.3. The molecule has 0 fully saturated rings. The van der Waals surface area contributed by atoms with Crippen molar-refractivity contribution >= 4 is 6.08 Å². The molecule has 1 aromatic heterocycles. The second-order valence-corrected chi connectivity index (χ2v) is 5.25. The van der Waals surface area contributed by atoms with Crippen molar-refractivity contribution in [3.63, 3.8) is 0 Å². The lowest BCUT2D eigenvalue weighted by Gasteiger charge is -1.97. The molecule has 1 heterocycles. The molecule has 0 radical (unpaired) electrons. The van der Waals surface area contributed by atoms with Crippen LogP contribution < -0.4 is 0 Å². The number of benzene rings is 1. The Kier molecular flexibility index (Phi) is 4.94. The zero-order valence-corrected chi connectivity index (χ0v) is 12.4. The molecule has 2 heteroatoms. The molecular formula is C18H21NO. The summed E-state index contributed by atoms with van der Waals surface area (Å²) in [6.07, 6.45) is 8.09. The molecule has 0 unspecified atom stereocenters. The molecule has 104 valence electrons. The van der Waals surface area contributed by atoms with Crippen molar-refractivity contribution in [2.45, 2.75) is 33.6 Å². The molecule has 2 rings (SSSR count). The SMILES string of the molecule is CC(C)=CCCC(C)=Cc1nc(-c2ccccc2)co1. The molecule has 0 aliphatic carbocycles. The molecular weight excluding hydrogens is 246 g/mol. The van der Waals surface area contributed by atoms with Gasteiger partial charge in [0.25, 0.3) is 0 Å². The fourth-order valence-electron chi connectivity index (χ4n) is 1.97. The highest BCUT2D eigenvalue weighted by molar-refractivity contribution is 5.59. The minimum atomic E-state index is 0.679. The molecule has 0 amide bonds. The number of aromatic nitrogens is 1. The Morgan fingerprint density at radius 3 is 2.60 bits per heavy atom. The van der Waals surface area contributed by atoms with Crippen molar-refractivity contribution in [2.24, 2.45) is 0 Å². The van der Waals surface area contributed by atoms with Gasteiger partial charge in [0.1, 0.15) is 12.0 Å². The Labute approximate surface area is 120 Å². The Morgan fingerprint density at radius 2 is 1.90 bits per heavy atom. The van der Waals surface area contributed by atoms with E-state index in [0.29, 0.717) is 5.89 Å². The van der Waals surface area contributed by atoms with E-state index in [-0.39, 0.29) is 0 Å². The second kappa shape index (κ2) is 6.90. The maximum atomic E-state index is 5.51. The van der Waals surface area contributed by atoms with E-state index in [9.17, 15) is 0 Å². The van der Waals surface area contributed by atoms with E-state index in [1.54, 1.807) is 6.26 Å². The molecule has 2 nitrogen and oxygen atoms in total. The van der Waals surface area contributed by atoms with Crippen LogP contribution in [0.4, 0.5) is 0 Å². The number of allylic oxidation sites excluding steroid dienone is 3. The molecule has 0 N–H and O–H groups in total. The lowest BCUT2D eigenvalue weighted by molar-refractivity contribution is 0.546. The smallest absolute Gasteiger partial charge is 0.219 e. The summed E-state index contributed by atoms with van der Waals surface area (Å²) < 4.78 is 5.51. The predicted molar refractivity (Wildman–Crippen MR) is 84.3 cm³/mol. The number of oxazole rings is 1. The number of nitrogens with zero attached hydrogens (tertiary/aromatic N) is 1. The maximum absolute atomic E-state index is 5.51. The van der Waals surface area contributed by atoms with Crippen LogP contribution in [0, 0.1) is 0 Å². The molecule has 20 heavy (non-hydrogen) atoms. The van der Waals surface area contributed by atoms with E-state index in [0.717, 1.165) is 24.1 Å². The van der Waals surface area contributed by atoms with E-state index in [1.165, 1.54) is 11.1 Å². The number of rotatable bonds is 5. The van der Waals surface area contributed by atoms with E-state index >= 15 is 0 Å². The topological polar surface area (TPSA) is 26.0 Å². The zero-order valence-electron chi connectivity index (χ0n) is 12.4. The van der Waals surface area contributed by atoms with E-state index in [1.807, 2.05) is 36.4 Å². The van der Waals surface area contributed by atoms with Crippen molar-refractivity contribution in [1.82, 2.24) is 4.98 Å². The average Bonchev–Trinajstić information content (AvgIpc) is 2.88. The molecule has 0 aliphatic rings. The highest BCUT2D eigenvalue weighted by Gasteiger charge is 2.03. The molecule has 2 aromatic rings. The van der Waals surface area contributed by atoms with Gasteiger partial charge in [-0.05, 0) is 39.7 Å². The fourth-order valence-corrected chi connectivity index (χ4v) is 1.97. The summed E-state index contributed by atoms with van der Waals surface area (Å²) in [4.78, 5) is 4.51. The van der Waals surface area contributed by atoms with Gasteiger partial charge in [-0.25, -0.2) is 4.98 Å². The van der Waals surface area contributed by atoms with Crippen molar-refractivity contribution < 1.29 is 4.42 Å². The van der Waals surface area contributed by atoms with E-state index in [4.69, 9.17) is 4.42 Å². The van der Waals surface area contributed by atoms with Crippen LogP contribution in [0.3, 0.4) is 0 Å². The second-order valence-electron chi connectivity index (χ2n) is 5.25. The highest BCUT2D eigenvalue weighted by Crippen LogP contribution is 2.19. The van der Waals surface area contributed by atoms with Crippen molar-refractivity contribution in [2.75, 3.05) is 0 Å². The summed E-state index contributed by atoms with van der Waals surface area (Å²) in [6, 6.07) is 10.1. The van der Waals surface area contributed by atoms with Crippen LogP contribution in [-0.4, -0.2) is 4.98 Å². The average molecular weight is 267 g/mol. The molecule has 0 spiro atoms. The Balaban J connectivity index is 2.04. The molecule has 0 saturated heterocycles. The van der Waals surface area contributed by atoms with E-state index in [2.05, 4.69) is 31.8 Å². The number of hydrogen-bond acceptors (Lipinski definition) is 2. The monoisotopic (exact) mass is 267 g/mol. The molecule has 0 atom stereocenters. The van der Waals surface area contributed by atoms with Crippen LogP contribution in [0.5, 0.6) is 0 Å². The maximum Gasteiger partial charge on any atom is 0.219 e. The minimum Gasteiger partial charge on any atom is -0.444 e. The largest absolute Gasteiger partial charge is 0.444 e. The Bertz CT molecular complexity index is 601. The van der Waals surface area contributed by atoms with Gasteiger partial charge in [0.2, 0.25) is 5.89 Å². The van der Waals surface area contributed by atoms with Crippen LogP contribution in [0.2, 0.25) is 0 Å². The summed E-state index contributed by atoms with van der Waals surface area (Å²) >= 11 is 0. The van der Waals surface area contributed by atoms with Crippen LogP contribution in [0.15, 0.2) is 58.2 Å². The van der Waals surface area contributed by atoms with Gasteiger partial charge >= 0.3 is 0 Å². The zero-order chi connectivity index (χ0) is 14.4. The van der Waals surface area contributed by atoms with Gasteiger partial charge in [0, 0.05) is 5.56 Å². The van der Waals surface area contributed by atoms with E-state index < -0.39 is 0 Å². The van der Waals surface area contributed by atoms with Gasteiger partial charge < -0.3 is 4.42 Å². The Morgan fingerprint density at radius 1 is 1.15 bits per heavy atom. The predicted octanol–water partition coefficient (Wildman–Crippen LogP) is 5.49. The minimum absolute atomic E-state index is 0.679. The summed E-state index contributed by atoms with van der Waals surface area (Å²) in [5, 5.41) is 0. The van der Waals surface area contributed by atoms with Gasteiger partial charge in [0.05, 0.1) is 0 Å². The molecule has 1 aromatic carbocycles. The summed E-state index contributed by atoms with van der Waals surface area (Å²) in [5.41, 5.74) is 4.61. The highest BCUT2D eigenvalue weighted by atomic mass is 16.3. The van der Waals surface area contributed by atoms with Crippen LogP contribution in [0.25, 0.3) is 17.3 Å². The third-order valence-electron chi connectivity index (χ3n) is 3.05. The lowest BCUT2D eigenvalue weighted by Crippen LogP contribution is -1.80. The molecule has 0 aliphatic heterocycles. The van der Waals surface area contributed by atoms with Crippen molar-refractivity contribution in [1.29, 1.82) is 0 Å². The van der Waals surface area contributed by atoms with Crippen LogP contribution >= 0.6 is 0 Å². The summed E-state index contributed by atoms with van der Waals surface area (Å²) in [5.74, 6) is 0.679. The standard InChI is InChI=1S/C18H21NO/c1-14(2)8-7-9-15(3)12-18-19-17(13-20-18)16-10-5-4-6-11-16/h4-6,8,10-13H,7,9H2,1-3H3. The molecule has 0 saturated carbocycles. The van der Waals surface area contributed by atoms with Gasteiger partial charge in [-0.3, -0.25) is 0 Å². The van der Waals surface area contributed by atoms with Crippen LogP contribution in [0.1, 0.15) is 39.5 Å². The lowest BCUT2D eigenvalue weighted by atomic mass is 10.1. The first-order valence-electron chi connectivity index (χ1n) is 6.96. The summed E-state index contributed by atoms with van der Waals surface area (Å²) in [6.45, 7) is 6.36.